The first-order chi connectivity index (χ1) is 13.8. The topological polar surface area (TPSA) is 102 Å². The number of hydroxylamine groups is 1. The van der Waals surface area contributed by atoms with Gasteiger partial charge in [-0.1, -0.05) is 47.8 Å². The second kappa shape index (κ2) is 10.1. The standard InChI is InChI=1S/C20H24N2O6S/c1-15(16-8-5-4-6-9-16)13-21-19(23)14-28-20(24)17-10-7-11-18(12-17)29(25,26)22(2)27-3/h4-12,15H,13-14H2,1-3H3,(H,21,23)/t15-/m0/s1. The minimum atomic E-state index is -3.90. The maximum Gasteiger partial charge on any atom is 0.338 e. The van der Waals surface area contributed by atoms with Crippen LogP contribution in [0.1, 0.15) is 28.8 Å². The maximum atomic E-state index is 12.3. The monoisotopic (exact) mass is 420 g/mol. The van der Waals surface area contributed by atoms with Gasteiger partial charge in [0.05, 0.1) is 17.6 Å². The normalized spacial score (nSPS) is 12.4. The molecule has 0 heterocycles. The summed E-state index contributed by atoms with van der Waals surface area (Å²) in [6.07, 6.45) is 0. The fraction of sp³-hybridized carbons (Fsp3) is 0.300. The Kier molecular flexibility index (Phi) is 7.89. The summed E-state index contributed by atoms with van der Waals surface area (Å²) in [7, 11) is -1.44. The number of nitrogens with one attached hydrogen (secondary N) is 1. The molecule has 0 spiro atoms. The summed E-state index contributed by atoms with van der Waals surface area (Å²) in [6.45, 7) is 1.91. The Labute approximate surface area is 170 Å². The SMILES string of the molecule is CON(C)S(=O)(=O)c1cccc(C(=O)OCC(=O)NC[C@H](C)c2ccccc2)c1. The zero-order valence-electron chi connectivity index (χ0n) is 16.5. The molecule has 1 amide bonds. The van der Waals surface area contributed by atoms with E-state index in [0.717, 1.165) is 5.56 Å². The van der Waals surface area contributed by atoms with Gasteiger partial charge in [0.2, 0.25) is 0 Å². The van der Waals surface area contributed by atoms with E-state index in [1.54, 1.807) is 0 Å². The third-order valence-corrected chi connectivity index (χ3v) is 5.95. The molecule has 29 heavy (non-hydrogen) atoms. The van der Waals surface area contributed by atoms with Crippen LogP contribution in [-0.4, -0.2) is 52.1 Å². The molecule has 8 nitrogen and oxygen atoms in total. The molecule has 0 aliphatic heterocycles. The first kappa shape index (κ1) is 22.5. The van der Waals surface area contributed by atoms with Crippen LogP contribution >= 0.6 is 0 Å². The average Bonchev–Trinajstić information content (AvgIpc) is 2.75. The minimum absolute atomic E-state index is 0.0148. The summed E-state index contributed by atoms with van der Waals surface area (Å²) in [5, 5.41) is 2.71. The first-order valence-electron chi connectivity index (χ1n) is 8.87. The van der Waals surface area contributed by atoms with Gasteiger partial charge in [-0.05, 0) is 29.7 Å². The van der Waals surface area contributed by atoms with Crippen molar-refractivity contribution in [3.63, 3.8) is 0 Å². The van der Waals surface area contributed by atoms with Crippen LogP contribution in [0.2, 0.25) is 0 Å². The van der Waals surface area contributed by atoms with Crippen molar-refractivity contribution in [3.05, 3.63) is 65.7 Å². The minimum Gasteiger partial charge on any atom is -0.452 e. The van der Waals surface area contributed by atoms with Gasteiger partial charge in [0.15, 0.2) is 6.61 Å². The van der Waals surface area contributed by atoms with Crippen molar-refractivity contribution >= 4 is 21.9 Å². The van der Waals surface area contributed by atoms with Gasteiger partial charge in [-0.25, -0.2) is 13.2 Å². The van der Waals surface area contributed by atoms with Crippen LogP contribution in [-0.2, 0) is 24.4 Å². The fourth-order valence-electron chi connectivity index (χ4n) is 2.46. The van der Waals surface area contributed by atoms with Gasteiger partial charge in [-0.15, -0.1) is 0 Å². The Morgan fingerprint density at radius 2 is 1.79 bits per heavy atom. The number of nitrogens with zero attached hydrogens (tertiary/aromatic N) is 1. The molecular formula is C20H24N2O6S. The Morgan fingerprint density at radius 3 is 2.45 bits per heavy atom. The van der Waals surface area contributed by atoms with Crippen molar-refractivity contribution in [2.24, 2.45) is 0 Å². The molecule has 0 aliphatic carbocycles. The highest BCUT2D eigenvalue weighted by molar-refractivity contribution is 7.89. The summed E-state index contributed by atoms with van der Waals surface area (Å²) in [5.41, 5.74) is 1.10. The highest BCUT2D eigenvalue weighted by Gasteiger charge is 2.22. The van der Waals surface area contributed by atoms with Gasteiger partial charge >= 0.3 is 5.97 Å². The van der Waals surface area contributed by atoms with E-state index in [2.05, 4.69) is 5.32 Å². The van der Waals surface area contributed by atoms with Crippen LogP contribution in [0.5, 0.6) is 0 Å². The number of sulfonamides is 1. The van der Waals surface area contributed by atoms with Crippen molar-refractivity contribution in [3.8, 4) is 0 Å². The van der Waals surface area contributed by atoms with Gasteiger partial charge in [0, 0.05) is 13.6 Å². The molecule has 9 heteroatoms. The Balaban J connectivity index is 1.90. The van der Waals surface area contributed by atoms with Gasteiger partial charge in [0.25, 0.3) is 15.9 Å². The smallest absolute Gasteiger partial charge is 0.338 e. The Morgan fingerprint density at radius 1 is 1.10 bits per heavy atom. The molecule has 0 aromatic heterocycles. The number of rotatable bonds is 9. The second-order valence-electron chi connectivity index (χ2n) is 6.32. The number of amides is 1. The fourth-order valence-corrected chi connectivity index (χ4v) is 3.48. The van der Waals surface area contributed by atoms with Crippen LogP contribution in [0.4, 0.5) is 0 Å². The molecule has 0 fully saturated rings. The molecule has 0 radical (unpaired) electrons. The highest BCUT2D eigenvalue weighted by Crippen LogP contribution is 2.17. The van der Waals surface area contributed by atoms with Crippen LogP contribution in [0.3, 0.4) is 0 Å². The molecule has 0 aliphatic rings. The van der Waals surface area contributed by atoms with Crippen molar-refractivity contribution in [2.45, 2.75) is 17.7 Å². The number of ether oxygens (including phenoxy) is 1. The van der Waals surface area contributed by atoms with Gasteiger partial charge in [0.1, 0.15) is 0 Å². The van der Waals surface area contributed by atoms with Crippen LogP contribution < -0.4 is 5.32 Å². The number of carbonyl (C=O) groups excluding carboxylic acids is 2. The number of benzene rings is 2. The van der Waals surface area contributed by atoms with E-state index in [0.29, 0.717) is 11.0 Å². The second-order valence-corrected chi connectivity index (χ2v) is 8.25. The maximum absolute atomic E-state index is 12.3. The van der Waals surface area contributed by atoms with Crippen LogP contribution in [0.15, 0.2) is 59.5 Å². The van der Waals surface area contributed by atoms with E-state index in [1.807, 2.05) is 37.3 Å². The third kappa shape index (κ3) is 6.11. The first-order valence-corrected chi connectivity index (χ1v) is 10.3. The molecule has 0 unspecified atom stereocenters. The number of hydrogen-bond acceptors (Lipinski definition) is 6. The lowest BCUT2D eigenvalue weighted by molar-refractivity contribution is -0.124. The summed E-state index contributed by atoms with van der Waals surface area (Å²) < 4.78 is 30.2. The van der Waals surface area contributed by atoms with Gasteiger partial charge < -0.3 is 10.1 Å². The summed E-state index contributed by atoms with van der Waals surface area (Å²) in [6, 6.07) is 15.0. The molecule has 1 N–H and O–H groups in total. The van der Waals surface area contributed by atoms with Crippen molar-refractivity contribution in [1.82, 2.24) is 9.79 Å². The number of hydrogen-bond donors (Lipinski definition) is 1. The summed E-state index contributed by atoms with van der Waals surface area (Å²) >= 11 is 0. The van der Waals surface area contributed by atoms with Crippen molar-refractivity contribution < 1.29 is 27.6 Å². The summed E-state index contributed by atoms with van der Waals surface area (Å²) in [5.74, 6) is -1.13. The zero-order chi connectivity index (χ0) is 21.4. The largest absolute Gasteiger partial charge is 0.452 e. The lowest BCUT2D eigenvalue weighted by Gasteiger charge is -2.15. The van der Waals surface area contributed by atoms with E-state index in [-0.39, 0.29) is 16.4 Å². The predicted molar refractivity (Wildman–Crippen MR) is 107 cm³/mol. The average molecular weight is 420 g/mol. The van der Waals surface area contributed by atoms with Gasteiger partial charge in [-0.3, -0.25) is 9.63 Å². The lowest BCUT2D eigenvalue weighted by atomic mass is 10.0. The highest BCUT2D eigenvalue weighted by atomic mass is 32.2. The van der Waals surface area contributed by atoms with Crippen LogP contribution in [0.25, 0.3) is 0 Å². The van der Waals surface area contributed by atoms with Crippen molar-refractivity contribution in [1.29, 1.82) is 0 Å². The Bertz CT molecular complexity index is 946. The quantitative estimate of drug-likeness (QED) is 0.491. The zero-order valence-corrected chi connectivity index (χ0v) is 17.3. The molecule has 2 aromatic carbocycles. The molecule has 2 aromatic rings. The Hall–Kier alpha value is -2.75. The number of esters is 1. The van der Waals surface area contributed by atoms with Crippen molar-refractivity contribution in [2.75, 3.05) is 27.3 Å². The van der Waals surface area contributed by atoms with Crippen LogP contribution in [0, 0.1) is 0 Å². The van der Waals surface area contributed by atoms with E-state index in [1.165, 1.54) is 38.4 Å². The predicted octanol–water partition coefficient (Wildman–Crippen LogP) is 1.95. The third-order valence-electron chi connectivity index (χ3n) is 4.27. The van der Waals surface area contributed by atoms with E-state index < -0.39 is 28.5 Å². The molecule has 1 atom stereocenters. The molecule has 156 valence electrons. The van der Waals surface area contributed by atoms with E-state index in [4.69, 9.17) is 9.57 Å². The van der Waals surface area contributed by atoms with E-state index >= 15 is 0 Å². The summed E-state index contributed by atoms with van der Waals surface area (Å²) in [4.78, 5) is 28.7. The molecule has 0 saturated heterocycles. The lowest BCUT2D eigenvalue weighted by Crippen LogP contribution is -2.31. The molecular weight excluding hydrogens is 396 g/mol. The van der Waals surface area contributed by atoms with Gasteiger partial charge in [-0.2, -0.15) is 0 Å². The van der Waals surface area contributed by atoms with E-state index in [9.17, 15) is 18.0 Å². The molecule has 2 rings (SSSR count). The molecule has 0 saturated carbocycles. The molecule has 0 bridgehead atoms. The number of carbonyl (C=O) groups is 2.